The van der Waals surface area contributed by atoms with E-state index in [1.54, 1.807) is 0 Å². The number of unbranched alkanes of at least 4 members (excludes halogenated alkanes) is 3. The maximum absolute atomic E-state index is 9.10. The molecule has 2 nitrogen and oxygen atoms in total. The highest BCUT2D eigenvalue weighted by molar-refractivity contribution is 4.50. The Kier molecular flexibility index (Phi) is 7.96. The van der Waals surface area contributed by atoms with Crippen molar-refractivity contribution in [1.82, 2.24) is 5.32 Å². The lowest BCUT2D eigenvalue weighted by Gasteiger charge is -2.09. The third-order valence-corrected chi connectivity index (χ3v) is 1.80. The first-order valence-electron chi connectivity index (χ1n) is 4.72. The predicted molar refractivity (Wildman–Crippen MR) is 48.4 cm³/mol. The Labute approximate surface area is 70.0 Å². The summed E-state index contributed by atoms with van der Waals surface area (Å²) < 4.78 is 0. The van der Waals surface area contributed by atoms with Crippen molar-refractivity contribution < 1.29 is 5.11 Å². The number of nitrogens with one attached hydrogen (secondary N) is 1. The van der Waals surface area contributed by atoms with Crippen molar-refractivity contribution in [2.24, 2.45) is 0 Å². The monoisotopic (exact) mass is 159 g/mol. The highest BCUT2D eigenvalue weighted by Crippen LogP contribution is 1.97. The zero-order chi connectivity index (χ0) is 8.53. The number of aliphatic hydroxyl groups excluding tert-OH is 1. The lowest BCUT2D eigenvalue weighted by Crippen LogP contribution is -2.28. The summed E-state index contributed by atoms with van der Waals surface area (Å²) in [5.74, 6) is 0. The van der Waals surface area contributed by atoms with Gasteiger partial charge in [0.25, 0.3) is 0 Å². The van der Waals surface area contributed by atoms with Crippen LogP contribution >= 0.6 is 0 Å². The van der Waals surface area contributed by atoms with Gasteiger partial charge in [0, 0.05) is 0 Å². The van der Waals surface area contributed by atoms with Gasteiger partial charge in [0.05, 0.1) is 0 Å². The Morgan fingerprint density at radius 1 is 1.18 bits per heavy atom. The van der Waals surface area contributed by atoms with E-state index in [1.807, 2.05) is 6.92 Å². The quantitative estimate of drug-likeness (QED) is 0.439. The van der Waals surface area contributed by atoms with Crippen molar-refractivity contribution in [3.05, 3.63) is 0 Å². The third-order valence-electron chi connectivity index (χ3n) is 1.80. The van der Waals surface area contributed by atoms with Gasteiger partial charge in [0.1, 0.15) is 6.23 Å². The summed E-state index contributed by atoms with van der Waals surface area (Å²) in [6, 6.07) is 0. The first-order chi connectivity index (χ1) is 5.31. The number of hydrogen-bond donors (Lipinski definition) is 2. The molecule has 0 aliphatic carbocycles. The first kappa shape index (κ1) is 10.9. The zero-order valence-corrected chi connectivity index (χ0v) is 7.77. The van der Waals surface area contributed by atoms with E-state index < -0.39 is 0 Å². The molecule has 0 saturated carbocycles. The number of aliphatic hydroxyl groups is 1. The second kappa shape index (κ2) is 8.02. The van der Waals surface area contributed by atoms with Crippen molar-refractivity contribution in [1.29, 1.82) is 0 Å². The minimum Gasteiger partial charge on any atom is -0.379 e. The van der Waals surface area contributed by atoms with Crippen molar-refractivity contribution in [2.75, 3.05) is 6.54 Å². The van der Waals surface area contributed by atoms with E-state index in [0.717, 1.165) is 13.0 Å². The molecule has 0 aliphatic rings. The highest BCUT2D eigenvalue weighted by atomic mass is 16.3. The largest absolute Gasteiger partial charge is 0.379 e. The summed E-state index contributed by atoms with van der Waals surface area (Å²) in [7, 11) is 0. The van der Waals surface area contributed by atoms with E-state index in [9.17, 15) is 0 Å². The van der Waals surface area contributed by atoms with Gasteiger partial charge in [-0.2, -0.15) is 0 Å². The van der Waals surface area contributed by atoms with Crippen LogP contribution in [0.3, 0.4) is 0 Å². The molecule has 0 bridgehead atoms. The summed E-state index contributed by atoms with van der Waals surface area (Å²) in [5.41, 5.74) is 0. The van der Waals surface area contributed by atoms with Crippen molar-refractivity contribution in [3.8, 4) is 0 Å². The second-order valence-electron chi connectivity index (χ2n) is 2.94. The van der Waals surface area contributed by atoms with Gasteiger partial charge in [-0.3, -0.25) is 5.32 Å². The van der Waals surface area contributed by atoms with Gasteiger partial charge in [-0.05, 0) is 19.4 Å². The molecule has 0 fully saturated rings. The Hall–Kier alpha value is -0.0800. The van der Waals surface area contributed by atoms with Gasteiger partial charge >= 0.3 is 0 Å². The average molecular weight is 159 g/mol. The molecule has 0 saturated heterocycles. The van der Waals surface area contributed by atoms with Crippen LogP contribution in [0.5, 0.6) is 0 Å². The molecular formula is C9H21NO. The molecule has 2 heteroatoms. The van der Waals surface area contributed by atoms with Crippen LogP contribution in [0, 0.1) is 0 Å². The third kappa shape index (κ3) is 7.82. The molecule has 0 aliphatic heterocycles. The molecule has 2 N–H and O–H groups in total. The van der Waals surface area contributed by atoms with Crippen LogP contribution in [-0.4, -0.2) is 17.9 Å². The Balaban J connectivity index is 2.89. The molecule has 1 unspecified atom stereocenters. The van der Waals surface area contributed by atoms with E-state index in [4.69, 9.17) is 5.11 Å². The van der Waals surface area contributed by atoms with Crippen LogP contribution in [-0.2, 0) is 0 Å². The van der Waals surface area contributed by atoms with Crippen LogP contribution in [0.1, 0.15) is 46.0 Å². The fraction of sp³-hybridized carbons (Fsp3) is 1.00. The lowest BCUT2D eigenvalue weighted by atomic mass is 10.2. The van der Waals surface area contributed by atoms with E-state index in [-0.39, 0.29) is 6.23 Å². The van der Waals surface area contributed by atoms with Gasteiger partial charge in [-0.25, -0.2) is 0 Å². The van der Waals surface area contributed by atoms with Crippen molar-refractivity contribution in [3.63, 3.8) is 0 Å². The number of hydrogen-bond acceptors (Lipinski definition) is 2. The average Bonchev–Trinajstić information content (AvgIpc) is 2.04. The van der Waals surface area contributed by atoms with E-state index in [1.165, 1.54) is 25.7 Å². The lowest BCUT2D eigenvalue weighted by molar-refractivity contribution is 0.133. The van der Waals surface area contributed by atoms with Gasteiger partial charge in [0.15, 0.2) is 0 Å². The summed E-state index contributed by atoms with van der Waals surface area (Å²) in [6.45, 7) is 5.13. The summed E-state index contributed by atoms with van der Waals surface area (Å²) >= 11 is 0. The van der Waals surface area contributed by atoms with Gasteiger partial charge in [-0.15, -0.1) is 0 Å². The predicted octanol–water partition coefficient (Wildman–Crippen LogP) is 1.88. The minimum absolute atomic E-state index is 0.295. The second-order valence-corrected chi connectivity index (χ2v) is 2.94. The van der Waals surface area contributed by atoms with Gasteiger partial charge in [-0.1, -0.05) is 33.1 Å². The van der Waals surface area contributed by atoms with E-state index in [0.29, 0.717) is 0 Å². The van der Waals surface area contributed by atoms with E-state index >= 15 is 0 Å². The minimum atomic E-state index is -0.295. The summed E-state index contributed by atoms with van der Waals surface area (Å²) in [5, 5.41) is 12.2. The summed E-state index contributed by atoms with van der Waals surface area (Å²) in [6.07, 6.45) is 5.55. The van der Waals surface area contributed by atoms with Crippen LogP contribution in [0.4, 0.5) is 0 Å². The maximum atomic E-state index is 9.10. The fourth-order valence-electron chi connectivity index (χ4n) is 0.965. The molecule has 0 aromatic heterocycles. The highest BCUT2D eigenvalue weighted by Gasteiger charge is 1.96. The Bertz CT molecular complexity index is 76.0. The normalized spacial score (nSPS) is 13.4. The molecule has 0 aromatic rings. The molecule has 0 heterocycles. The van der Waals surface area contributed by atoms with Crippen LogP contribution in [0.25, 0.3) is 0 Å². The van der Waals surface area contributed by atoms with Crippen LogP contribution in [0.2, 0.25) is 0 Å². The molecule has 68 valence electrons. The molecule has 0 spiro atoms. The summed E-state index contributed by atoms with van der Waals surface area (Å²) in [4.78, 5) is 0. The van der Waals surface area contributed by atoms with Crippen molar-refractivity contribution in [2.45, 2.75) is 52.2 Å². The van der Waals surface area contributed by atoms with E-state index in [2.05, 4.69) is 12.2 Å². The van der Waals surface area contributed by atoms with Crippen LogP contribution in [0.15, 0.2) is 0 Å². The molecule has 11 heavy (non-hydrogen) atoms. The standard InChI is InChI=1S/C9H21NO/c1-3-5-6-7-8-10-9(11)4-2/h9-11H,3-8H2,1-2H3. The van der Waals surface area contributed by atoms with Gasteiger partial charge < -0.3 is 5.11 Å². The zero-order valence-electron chi connectivity index (χ0n) is 7.77. The number of rotatable bonds is 7. The Morgan fingerprint density at radius 3 is 2.45 bits per heavy atom. The molecular weight excluding hydrogens is 138 g/mol. The molecule has 0 rings (SSSR count). The smallest absolute Gasteiger partial charge is 0.104 e. The first-order valence-corrected chi connectivity index (χ1v) is 4.72. The molecule has 0 radical (unpaired) electrons. The van der Waals surface area contributed by atoms with Crippen molar-refractivity contribution >= 4 is 0 Å². The SMILES string of the molecule is CCCCCCNC(O)CC. The molecule has 0 aromatic carbocycles. The Morgan fingerprint density at radius 2 is 1.91 bits per heavy atom. The fourth-order valence-corrected chi connectivity index (χ4v) is 0.965. The molecule has 1 atom stereocenters. The topological polar surface area (TPSA) is 32.3 Å². The maximum Gasteiger partial charge on any atom is 0.104 e. The van der Waals surface area contributed by atoms with Crippen LogP contribution < -0.4 is 5.32 Å². The molecule has 0 amide bonds. The van der Waals surface area contributed by atoms with Gasteiger partial charge in [0.2, 0.25) is 0 Å².